The number of aromatic nitrogens is 2. The van der Waals surface area contributed by atoms with E-state index in [0.717, 1.165) is 5.39 Å². The number of pyridine rings is 1. The van der Waals surface area contributed by atoms with Crippen LogP contribution in [0.25, 0.3) is 11.0 Å². The van der Waals surface area contributed by atoms with Crippen LogP contribution in [-0.4, -0.2) is 26.8 Å². The van der Waals surface area contributed by atoms with Gasteiger partial charge in [0.1, 0.15) is 5.65 Å². The van der Waals surface area contributed by atoms with Gasteiger partial charge in [0.05, 0.1) is 5.41 Å². The molecular formula is C13H14N2O3. The number of aromatic amines is 1. The van der Waals surface area contributed by atoms with E-state index in [4.69, 9.17) is 5.11 Å². The topological polar surface area (TPSA) is 83.0 Å². The highest BCUT2D eigenvalue weighted by Gasteiger charge is 2.31. The second-order valence-electron chi connectivity index (χ2n) is 4.89. The number of rotatable bonds is 4. The van der Waals surface area contributed by atoms with Crippen LogP contribution in [-0.2, 0) is 4.79 Å². The van der Waals surface area contributed by atoms with Crippen molar-refractivity contribution in [3.05, 3.63) is 30.1 Å². The lowest BCUT2D eigenvalue weighted by molar-refractivity contribution is -0.146. The van der Waals surface area contributed by atoms with Gasteiger partial charge in [0.15, 0.2) is 5.78 Å². The summed E-state index contributed by atoms with van der Waals surface area (Å²) in [6.45, 7) is 3.08. The Kier molecular flexibility index (Phi) is 2.90. The van der Waals surface area contributed by atoms with Gasteiger partial charge in [-0.05, 0) is 26.0 Å². The number of hydrogen-bond acceptors (Lipinski definition) is 3. The highest BCUT2D eigenvalue weighted by atomic mass is 16.4. The third-order valence-electron chi connectivity index (χ3n) is 2.93. The zero-order valence-electron chi connectivity index (χ0n) is 10.2. The lowest BCUT2D eigenvalue weighted by Crippen LogP contribution is -2.26. The molecule has 0 fully saturated rings. The van der Waals surface area contributed by atoms with E-state index in [9.17, 15) is 9.59 Å². The Hall–Kier alpha value is -2.17. The van der Waals surface area contributed by atoms with Crippen molar-refractivity contribution in [2.75, 3.05) is 0 Å². The number of fused-ring (bicyclic) bond motifs is 1. The summed E-state index contributed by atoms with van der Waals surface area (Å²) in [5, 5.41) is 9.75. The van der Waals surface area contributed by atoms with Crippen LogP contribution >= 0.6 is 0 Å². The van der Waals surface area contributed by atoms with Gasteiger partial charge >= 0.3 is 5.97 Å². The predicted molar refractivity (Wildman–Crippen MR) is 66.5 cm³/mol. The SMILES string of the molecule is CC(C)(CC(=O)c1c[nH]c2ncccc12)C(=O)O. The summed E-state index contributed by atoms with van der Waals surface area (Å²) in [6.07, 6.45) is 3.18. The maximum atomic E-state index is 12.1. The molecule has 0 spiro atoms. The molecular weight excluding hydrogens is 232 g/mol. The molecule has 5 heteroatoms. The second kappa shape index (κ2) is 4.25. The Morgan fingerprint density at radius 1 is 1.44 bits per heavy atom. The molecule has 0 aliphatic heterocycles. The fourth-order valence-electron chi connectivity index (χ4n) is 1.76. The maximum absolute atomic E-state index is 12.1. The van der Waals surface area contributed by atoms with Crippen molar-refractivity contribution in [1.82, 2.24) is 9.97 Å². The molecule has 2 rings (SSSR count). The van der Waals surface area contributed by atoms with Crippen LogP contribution in [0, 0.1) is 5.41 Å². The quantitative estimate of drug-likeness (QED) is 0.810. The highest BCUT2D eigenvalue weighted by Crippen LogP contribution is 2.25. The molecule has 5 nitrogen and oxygen atoms in total. The van der Waals surface area contributed by atoms with Crippen molar-refractivity contribution in [2.24, 2.45) is 5.41 Å². The van der Waals surface area contributed by atoms with Gasteiger partial charge in [-0.3, -0.25) is 9.59 Å². The van der Waals surface area contributed by atoms with Gasteiger partial charge < -0.3 is 10.1 Å². The van der Waals surface area contributed by atoms with Crippen molar-refractivity contribution < 1.29 is 14.7 Å². The number of ketones is 1. The van der Waals surface area contributed by atoms with Crippen molar-refractivity contribution in [1.29, 1.82) is 0 Å². The van der Waals surface area contributed by atoms with Gasteiger partial charge in [0.2, 0.25) is 0 Å². The molecule has 94 valence electrons. The Bertz CT molecular complexity index is 613. The number of Topliss-reactive ketones (excluding diaryl/α,β-unsaturated/α-hetero) is 1. The molecule has 0 saturated heterocycles. The Balaban J connectivity index is 2.32. The highest BCUT2D eigenvalue weighted by molar-refractivity contribution is 6.08. The first-order valence-corrected chi connectivity index (χ1v) is 5.60. The van der Waals surface area contributed by atoms with E-state index in [2.05, 4.69) is 9.97 Å². The van der Waals surface area contributed by atoms with Crippen molar-refractivity contribution in [3.8, 4) is 0 Å². The number of aliphatic carboxylic acids is 1. The Labute approximate surface area is 104 Å². The van der Waals surface area contributed by atoms with Crippen LogP contribution in [0.4, 0.5) is 0 Å². The van der Waals surface area contributed by atoms with Crippen LogP contribution in [0.2, 0.25) is 0 Å². The van der Waals surface area contributed by atoms with Crippen molar-refractivity contribution in [3.63, 3.8) is 0 Å². The minimum atomic E-state index is -1.07. The smallest absolute Gasteiger partial charge is 0.309 e. The third kappa shape index (κ3) is 2.11. The molecule has 2 N–H and O–H groups in total. The maximum Gasteiger partial charge on any atom is 0.309 e. The third-order valence-corrected chi connectivity index (χ3v) is 2.93. The number of hydrogen-bond donors (Lipinski definition) is 2. The summed E-state index contributed by atoms with van der Waals surface area (Å²) in [7, 11) is 0. The van der Waals surface area contributed by atoms with Gasteiger partial charge in [-0.2, -0.15) is 0 Å². The van der Waals surface area contributed by atoms with E-state index in [1.54, 1.807) is 38.4 Å². The van der Waals surface area contributed by atoms with Crippen LogP contribution in [0.5, 0.6) is 0 Å². The van der Waals surface area contributed by atoms with E-state index in [0.29, 0.717) is 11.2 Å². The lowest BCUT2D eigenvalue weighted by Gasteiger charge is -2.17. The lowest BCUT2D eigenvalue weighted by atomic mass is 9.86. The second-order valence-corrected chi connectivity index (χ2v) is 4.89. The molecule has 2 aromatic heterocycles. The monoisotopic (exact) mass is 246 g/mol. The van der Waals surface area contributed by atoms with Gasteiger partial charge in [0.25, 0.3) is 0 Å². The zero-order chi connectivity index (χ0) is 13.3. The summed E-state index contributed by atoms with van der Waals surface area (Å²) < 4.78 is 0. The van der Waals surface area contributed by atoms with Crippen molar-refractivity contribution in [2.45, 2.75) is 20.3 Å². The van der Waals surface area contributed by atoms with Gasteiger partial charge in [-0.1, -0.05) is 0 Å². The number of H-pyrrole nitrogens is 1. The molecule has 0 atom stereocenters. The van der Waals surface area contributed by atoms with E-state index in [-0.39, 0.29) is 12.2 Å². The zero-order valence-corrected chi connectivity index (χ0v) is 10.2. The molecule has 2 heterocycles. The number of carboxylic acid groups (broad SMARTS) is 1. The number of carbonyl (C=O) groups excluding carboxylic acids is 1. The normalized spacial score (nSPS) is 11.7. The van der Waals surface area contributed by atoms with Gasteiger partial charge in [-0.25, -0.2) is 4.98 Å². The number of carbonyl (C=O) groups is 2. The molecule has 0 amide bonds. The Morgan fingerprint density at radius 3 is 2.83 bits per heavy atom. The van der Waals surface area contributed by atoms with Crippen LogP contribution < -0.4 is 0 Å². The number of nitrogens with zero attached hydrogens (tertiary/aromatic N) is 1. The van der Waals surface area contributed by atoms with E-state index in [1.165, 1.54) is 0 Å². The molecule has 0 saturated carbocycles. The summed E-state index contributed by atoms with van der Waals surface area (Å²) >= 11 is 0. The van der Waals surface area contributed by atoms with Gasteiger partial charge in [-0.15, -0.1) is 0 Å². The first-order valence-electron chi connectivity index (χ1n) is 5.60. The van der Waals surface area contributed by atoms with Crippen molar-refractivity contribution >= 4 is 22.8 Å². The summed E-state index contributed by atoms with van der Waals surface area (Å²) in [4.78, 5) is 30.1. The molecule has 2 aromatic rings. The van der Waals surface area contributed by atoms with Crippen LogP contribution in [0.3, 0.4) is 0 Å². The molecule has 0 aliphatic rings. The number of nitrogens with one attached hydrogen (secondary N) is 1. The average molecular weight is 246 g/mol. The predicted octanol–water partition coefficient (Wildman–Crippen LogP) is 2.25. The summed E-state index contributed by atoms with van der Waals surface area (Å²) in [6, 6.07) is 3.54. The van der Waals surface area contributed by atoms with E-state index < -0.39 is 11.4 Å². The molecule has 0 aliphatic carbocycles. The molecule has 0 aromatic carbocycles. The summed E-state index contributed by atoms with van der Waals surface area (Å²) in [5.41, 5.74) is 0.0597. The first-order chi connectivity index (χ1) is 8.42. The molecule has 0 unspecified atom stereocenters. The van der Waals surface area contributed by atoms with Crippen LogP contribution in [0.15, 0.2) is 24.5 Å². The van der Waals surface area contributed by atoms with E-state index in [1.807, 2.05) is 0 Å². The van der Waals surface area contributed by atoms with Gasteiger partial charge in [0, 0.05) is 29.8 Å². The fourth-order valence-corrected chi connectivity index (χ4v) is 1.76. The fraction of sp³-hybridized carbons (Fsp3) is 0.308. The van der Waals surface area contributed by atoms with Crippen LogP contribution in [0.1, 0.15) is 30.6 Å². The largest absolute Gasteiger partial charge is 0.481 e. The minimum Gasteiger partial charge on any atom is -0.481 e. The average Bonchev–Trinajstić information content (AvgIpc) is 2.71. The standard InChI is InChI=1S/C13H14N2O3/c1-13(2,12(17)18)6-10(16)9-7-15-11-8(9)4-3-5-14-11/h3-5,7H,6H2,1-2H3,(H,14,15)(H,17,18). The Morgan fingerprint density at radius 2 is 2.17 bits per heavy atom. The molecule has 18 heavy (non-hydrogen) atoms. The molecule has 0 radical (unpaired) electrons. The number of carboxylic acids is 1. The summed E-state index contributed by atoms with van der Waals surface area (Å²) in [5.74, 6) is -1.17. The van der Waals surface area contributed by atoms with E-state index >= 15 is 0 Å². The minimum absolute atomic E-state index is 0.0375. The molecule has 0 bridgehead atoms. The first kappa shape index (κ1) is 12.3.